The molecule has 158 valence electrons. The number of allylic oxidation sites excluding steroid dienone is 1. The third-order valence-corrected chi connectivity index (χ3v) is 5.72. The van der Waals surface area contributed by atoms with Crippen molar-refractivity contribution >= 4 is 15.9 Å². The molecule has 0 radical (unpaired) electrons. The molecular weight excluding hydrogens is 467 g/mol. The fraction of sp³-hybridized carbons (Fsp3) is 0.182. The van der Waals surface area contributed by atoms with Gasteiger partial charge in [0.25, 0.3) is 0 Å². The van der Waals surface area contributed by atoms with Crippen molar-refractivity contribution in [2.45, 2.75) is 19.4 Å². The Morgan fingerprint density at radius 1 is 1.29 bits per heavy atom. The number of benzene rings is 2. The van der Waals surface area contributed by atoms with E-state index in [4.69, 9.17) is 19.9 Å². The number of rotatable bonds is 5. The first-order valence-electron chi connectivity index (χ1n) is 9.30. The first-order chi connectivity index (χ1) is 14.9. The van der Waals surface area contributed by atoms with Gasteiger partial charge in [0, 0.05) is 15.7 Å². The van der Waals surface area contributed by atoms with E-state index in [-0.39, 0.29) is 23.9 Å². The van der Waals surface area contributed by atoms with Gasteiger partial charge in [-0.15, -0.1) is 5.10 Å². The lowest BCUT2D eigenvalue weighted by Gasteiger charge is -2.25. The Kier molecular flexibility index (Phi) is 5.57. The van der Waals surface area contributed by atoms with Crippen LogP contribution in [0, 0.1) is 24.1 Å². The second kappa shape index (κ2) is 8.32. The van der Waals surface area contributed by atoms with Crippen LogP contribution in [0.2, 0.25) is 0 Å². The summed E-state index contributed by atoms with van der Waals surface area (Å²) in [6, 6.07) is 11.8. The highest BCUT2D eigenvalue weighted by atomic mass is 79.9. The predicted octanol–water partition coefficient (Wildman–Crippen LogP) is 4.43. The van der Waals surface area contributed by atoms with Crippen LogP contribution in [0.15, 0.2) is 52.3 Å². The van der Waals surface area contributed by atoms with Gasteiger partial charge in [-0.3, -0.25) is 5.10 Å². The SMILES string of the molecule is COc1cc(C2C(C#N)=C(N)Oc3n[nH]c(C)c32)c(Br)cc1OCc1ccc(F)cc1. The Morgan fingerprint density at radius 3 is 2.71 bits per heavy atom. The lowest BCUT2D eigenvalue weighted by molar-refractivity contribution is 0.284. The molecule has 1 unspecified atom stereocenters. The van der Waals surface area contributed by atoms with Crippen LogP contribution in [-0.4, -0.2) is 17.3 Å². The van der Waals surface area contributed by atoms with Crippen LogP contribution in [0.1, 0.15) is 28.3 Å². The zero-order valence-electron chi connectivity index (χ0n) is 16.7. The smallest absolute Gasteiger partial charge is 0.244 e. The van der Waals surface area contributed by atoms with Crippen molar-refractivity contribution < 1.29 is 18.6 Å². The number of methoxy groups -OCH3 is 1. The third-order valence-electron chi connectivity index (χ3n) is 5.03. The quantitative estimate of drug-likeness (QED) is 0.554. The number of nitrogens with two attached hydrogens (primary N) is 1. The molecule has 31 heavy (non-hydrogen) atoms. The normalized spacial score (nSPS) is 15.1. The summed E-state index contributed by atoms with van der Waals surface area (Å²) in [5.41, 5.74) is 9.34. The van der Waals surface area contributed by atoms with E-state index in [1.165, 1.54) is 19.2 Å². The minimum Gasteiger partial charge on any atom is -0.493 e. The summed E-state index contributed by atoms with van der Waals surface area (Å²) < 4.78 is 30.8. The number of hydrogen-bond donors (Lipinski definition) is 2. The van der Waals surface area contributed by atoms with Crippen LogP contribution in [0.3, 0.4) is 0 Å². The summed E-state index contributed by atoms with van der Waals surface area (Å²) in [4.78, 5) is 0. The van der Waals surface area contributed by atoms with Crippen molar-refractivity contribution in [2.75, 3.05) is 7.11 Å². The Balaban J connectivity index is 1.73. The van der Waals surface area contributed by atoms with Crippen LogP contribution < -0.4 is 19.9 Å². The molecule has 0 spiro atoms. The fourth-order valence-corrected chi connectivity index (χ4v) is 4.05. The summed E-state index contributed by atoms with van der Waals surface area (Å²) in [5, 5.41) is 16.8. The van der Waals surface area contributed by atoms with E-state index in [1.54, 1.807) is 24.3 Å². The van der Waals surface area contributed by atoms with Gasteiger partial charge in [0.1, 0.15) is 24.1 Å². The topological polar surface area (TPSA) is 106 Å². The average Bonchev–Trinajstić information content (AvgIpc) is 3.12. The van der Waals surface area contributed by atoms with E-state index in [0.29, 0.717) is 21.9 Å². The molecule has 3 aromatic rings. The number of nitriles is 1. The number of aromatic amines is 1. The van der Waals surface area contributed by atoms with E-state index in [0.717, 1.165) is 22.4 Å². The lowest BCUT2D eigenvalue weighted by atomic mass is 9.84. The standard InChI is InChI=1S/C22H18BrFN4O3/c1-11-19-20(15(9-25)21(26)31-22(19)28-27-11)14-7-17(29-2)18(8-16(14)23)30-10-12-3-5-13(24)6-4-12/h3-8,20H,10,26H2,1-2H3,(H,27,28). The molecule has 0 amide bonds. The highest BCUT2D eigenvalue weighted by Crippen LogP contribution is 2.47. The number of aryl methyl sites for hydroxylation is 1. The largest absolute Gasteiger partial charge is 0.493 e. The molecule has 1 aliphatic heterocycles. The molecule has 2 aromatic carbocycles. The van der Waals surface area contributed by atoms with E-state index in [2.05, 4.69) is 32.2 Å². The van der Waals surface area contributed by atoms with Crippen molar-refractivity contribution in [3.63, 3.8) is 0 Å². The van der Waals surface area contributed by atoms with Gasteiger partial charge in [-0.25, -0.2) is 4.39 Å². The number of ether oxygens (including phenoxy) is 3. The van der Waals surface area contributed by atoms with Gasteiger partial charge in [0.05, 0.1) is 13.0 Å². The van der Waals surface area contributed by atoms with Crippen molar-refractivity contribution in [2.24, 2.45) is 5.73 Å². The zero-order valence-corrected chi connectivity index (χ0v) is 18.3. The number of fused-ring (bicyclic) bond motifs is 1. The Morgan fingerprint density at radius 2 is 2.03 bits per heavy atom. The highest BCUT2D eigenvalue weighted by Gasteiger charge is 2.36. The third kappa shape index (κ3) is 3.82. The monoisotopic (exact) mass is 484 g/mol. The van der Waals surface area contributed by atoms with Gasteiger partial charge in [0.15, 0.2) is 11.5 Å². The second-order valence-corrected chi connectivity index (χ2v) is 7.79. The molecule has 4 rings (SSSR count). The molecule has 0 fully saturated rings. The second-order valence-electron chi connectivity index (χ2n) is 6.93. The van der Waals surface area contributed by atoms with E-state index in [9.17, 15) is 9.65 Å². The number of nitrogens with zero attached hydrogens (tertiary/aromatic N) is 2. The molecule has 0 aliphatic carbocycles. The molecule has 9 heteroatoms. The van der Waals surface area contributed by atoms with E-state index < -0.39 is 5.92 Å². The van der Waals surface area contributed by atoms with Crippen molar-refractivity contribution in [3.05, 3.63) is 80.5 Å². The van der Waals surface area contributed by atoms with Gasteiger partial charge in [0.2, 0.25) is 11.8 Å². The molecule has 0 bridgehead atoms. The van der Waals surface area contributed by atoms with Crippen molar-refractivity contribution in [1.29, 1.82) is 5.26 Å². The fourth-order valence-electron chi connectivity index (χ4n) is 3.50. The average molecular weight is 485 g/mol. The van der Waals surface area contributed by atoms with Gasteiger partial charge in [-0.1, -0.05) is 28.1 Å². The molecule has 2 heterocycles. The summed E-state index contributed by atoms with van der Waals surface area (Å²) in [7, 11) is 1.53. The van der Waals surface area contributed by atoms with E-state index in [1.807, 2.05) is 6.92 Å². The van der Waals surface area contributed by atoms with Gasteiger partial charge >= 0.3 is 0 Å². The number of H-pyrrole nitrogens is 1. The molecule has 1 atom stereocenters. The zero-order chi connectivity index (χ0) is 22.1. The van der Waals surface area contributed by atoms with Crippen LogP contribution in [0.25, 0.3) is 0 Å². The first-order valence-corrected chi connectivity index (χ1v) is 10.1. The van der Waals surface area contributed by atoms with Crippen molar-refractivity contribution in [3.8, 4) is 23.4 Å². The Labute approximate surface area is 186 Å². The maximum atomic E-state index is 13.1. The number of aromatic nitrogens is 2. The summed E-state index contributed by atoms with van der Waals surface area (Å²) >= 11 is 3.59. The summed E-state index contributed by atoms with van der Waals surface area (Å²) in [6.07, 6.45) is 0. The minimum absolute atomic E-state index is 0.00834. The molecule has 0 saturated carbocycles. The maximum Gasteiger partial charge on any atom is 0.244 e. The van der Waals surface area contributed by atoms with E-state index >= 15 is 0 Å². The van der Waals surface area contributed by atoms with Crippen LogP contribution in [0.5, 0.6) is 17.4 Å². The van der Waals surface area contributed by atoms with Gasteiger partial charge in [-0.05, 0) is 42.3 Å². The molecule has 3 N–H and O–H groups in total. The van der Waals surface area contributed by atoms with Crippen LogP contribution in [-0.2, 0) is 6.61 Å². The molecule has 1 aromatic heterocycles. The Bertz CT molecular complexity index is 1210. The number of hydrogen-bond acceptors (Lipinski definition) is 6. The summed E-state index contributed by atoms with van der Waals surface area (Å²) in [5.74, 6) is 0.510. The number of halogens is 2. The molecule has 1 aliphatic rings. The van der Waals surface area contributed by atoms with Crippen molar-refractivity contribution in [1.82, 2.24) is 10.2 Å². The molecular formula is C22H18BrFN4O3. The number of nitrogens with one attached hydrogen (secondary N) is 1. The van der Waals surface area contributed by atoms with Crippen LogP contribution in [0.4, 0.5) is 4.39 Å². The highest BCUT2D eigenvalue weighted by molar-refractivity contribution is 9.10. The van der Waals surface area contributed by atoms with Gasteiger partial charge in [-0.2, -0.15) is 5.26 Å². The summed E-state index contributed by atoms with van der Waals surface area (Å²) in [6.45, 7) is 2.09. The maximum absolute atomic E-state index is 13.1. The molecule has 0 saturated heterocycles. The Hall–Kier alpha value is -3.51. The first kappa shape index (κ1) is 20.8. The predicted molar refractivity (Wildman–Crippen MR) is 114 cm³/mol. The van der Waals surface area contributed by atoms with Gasteiger partial charge < -0.3 is 19.9 Å². The lowest BCUT2D eigenvalue weighted by Crippen LogP contribution is -2.21. The molecule has 7 nitrogen and oxygen atoms in total. The minimum atomic E-state index is -0.498. The van der Waals surface area contributed by atoms with Crippen LogP contribution >= 0.6 is 15.9 Å².